The number of nitrogens with zero attached hydrogens (tertiary/aromatic N) is 1. The fourth-order valence-electron chi connectivity index (χ4n) is 4.09. The van der Waals surface area contributed by atoms with Crippen LogP contribution < -0.4 is 5.32 Å². The van der Waals surface area contributed by atoms with Crippen LogP contribution in [0, 0.1) is 19.8 Å². The molecule has 2 amide bonds. The van der Waals surface area contributed by atoms with Crippen molar-refractivity contribution in [2.24, 2.45) is 5.92 Å². The molecule has 0 heterocycles. The molecule has 1 unspecified atom stereocenters. The van der Waals surface area contributed by atoms with Gasteiger partial charge >= 0.3 is 0 Å². The third-order valence-corrected chi connectivity index (χ3v) is 7.12. The molecule has 0 aliphatic carbocycles. The van der Waals surface area contributed by atoms with E-state index in [1.54, 1.807) is 16.7 Å². The molecule has 0 saturated heterocycles. The summed E-state index contributed by atoms with van der Waals surface area (Å²) in [5.41, 5.74) is 5.63. The second kappa shape index (κ2) is 13.9. The Hall–Kier alpha value is -3.05. The number of hydrogen-bond acceptors (Lipinski definition) is 3. The van der Waals surface area contributed by atoms with Gasteiger partial charge in [0.15, 0.2) is 0 Å². The number of rotatable bonds is 12. The molecule has 0 bridgehead atoms. The maximum absolute atomic E-state index is 13.7. The van der Waals surface area contributed by atoms with Gasteiger partial charge in [0, 0.05) is 25.3 Å². The molecule has 0 spiro atoms. The number of aryl methyl sites for hydroxylation is 2. The Morgan fingerprint density at radius 1 is 0.889 bits per heavy atom. The standard InChI is InChI=1S/C31H38N2O2S/c1-23(2)19-32-31(35)29(18-26-13-6-5-7-14-26)33(20-28-16-9-8-12-25(28)4)30(34)22-36-21-27-15-10-11-24(3)17-27/h5-17,23,29H,18-22H2,1-4H3,(H,32,35). The zero-order chi connectivity index (χ0) is 25.9. The second-order valence-electron chi connectivity index (χ2n) is 9.77. The minimum absolute atomic E-state index is 0.0171. The van der Waals surface area contributed by atoms with E-state index in [0.717, 1.165) is 22.4 Å². The smallest absolute Gasteiger partial charge is 0.243 e. The Kier molecular flexibility index (Phi) is 10.6. The van der Waals surface area contributed by atoms with Crippen LogP contribution in [0.4, 0.5) is 0 Å². The molecular weight excluding hydrogens is 464 g/mol. The quantitative estimate of drug-likeness (QED) is 0.333. The van der Waals surface area contributed by atoms with Crippen molar-refractivity contribution in [2.75, 3.05) is 12.3 Å². The highest BCUT2D eigenvalue weighted by Crippen LogP contribution is 2.20. The number of amides is 2. The third-order valence-electron chi connectivity index (χ3n) is 6.13. The fourth-order valence-corrected chi connectivity index (χ4v) is 4.95. The van der Waals surface area contributed by atoms with Crippen molar-refractivity contribution in [3.8, 4) is 0 Å². The minimum Gasteiger partial charge on any atom is -0.354 e. The molecule has 0 aromatic heterocycles. The van der Waals surface area contributed by atoms with E-state index in [1.807, 2.05) is 54.6 Å². The summed E-state index contributed by atoms with van der Waals surface area (Å²) in [6.07, 6.45) is 0.477. The van der Waals surface area contributed by atoms with Gasteiger partial charge < -0.3 is 10.2 Å². The average Bonchev–Trinajstić information content (AvgIpc) is 2.86. The normalized spacial score (nSPS) is 11.8. The van der Waals surface area contributed by atoms with Crippen LogP contribution in [0.5, 0.6) is 0 Å². The van der Waals surface area contributed by atoms with Gasteiger partial charge in [-0.05, 0) is 42.0 Å². The van der Waals surface area contributed by atoms with Crippen LogP contribution in [0.3, 0.4) is 0 Å². The molecule has 1 atom stereocenters. The Labute approximate surface area is 220 Å². The lowest BCUT2D eigenvalue weighted by atomic mass is 10.0. The lowest BCUT2D eigenvalue weighted by Gasteiger charge is -2.32. The number of benzene rings is 3. The van der Waals surface area contributed by atoms with Crippen LogP contribution in [-0.2, 0) is 28.3 Å². The summed E-state index contributed by atoms with van der Waals surface area (Å²) < 4.78 is 0. The summed E-state index contributed by atoms with van der Waals surface area (Å²) in [6, 6.07) is 25.8. The van der Waals surface area contributed by atoms with Crippen LogP contribution in [0.1, 0.15) is 41.7 Å². The van der Waals surface area contributed by atoms with E-state index in [2.05, 4.69) is 57.3 Å². The molecule has 0 aliphatic heterocycles. The number of thioether (sulfide) groups is 1. The van der Waals surface area contributed by atoms with Gasteiger partial charge in [-0.3, -0.25) is 9.59 Å². The number of carbonyl (C=O) groups is 2. The van der Waals surface area contributed by atoms with Crippen molar-refractivity contribution in [1.29, 1.82) is 0 Å². The minimum atomic E-state index is -0.585. The van der Waals surface area contributed by atoms with E-state index < -0.39 is 6.04 Å². The van der Waals surface area contributed by atoms with Gasteiger partial charge in [-0.15, -0.1) is 11.8 Å². The molecule has 5 heteroatoms. The van der Waals surface area contributed by atoms with E-state index in [9.17, 15) is 9.59 Å². The first-order chi connectivity index (χ1) is 17.3. The van der Waals surface area contributed by atoms with E-state index in [-0.39, 0.29) is 11.8 Å². The topological polar surface area (TPSA) is 49.4 Å². The van der Waals surface area contributed by atoms with Gasteiger partial charge in [0.25, 0.3) is 0 Å². The molecule has 3 aromatic carbocycles. The van der Waals surface area contributed by atoms with Gasteiger partial charge in [-0.25, -0.2) is 0 Å². The predicted molar refractivity (Wildman–Crippen MR) is 151 cm³/mol. The second-order valence-corrected chi connectivity index (χ2v) is 10.8. The van der Waals surface area contributed by atoms with Crippen molar-refractivity contribution in [3.05, 3.63) is 107 Å². The highest BCUT2D eigenvalue weighted by atomic mass is 32.2. The molecule has 0 fully saturated rings. The molecule has 0 aliphatic rings. The molecule has 0 saturated carbocycles. The summed E-state index contributed by atoms with van der Waals surface area (Å²) in [5.74, 6) is 1.29. The zero-order valence-corrected chi connectivity index (χ0v) is 22.7. The van der Waals surface area contributed by atoms with Gasteiger partial charge in [0.05, 0.1) is 5.75 Å². The third kappa shape index (κ3) is 8.56. The maximum atomic E-state index is 13.7. The lowest BCUT2D eigenvalue weighted by Crippen LogP contribution is -2.51. The van der Waals surface area contributed by atoms with Crippen molar-refractivity contribution < 1.29 is 9.59 Å². The van der Waals surface area contributed by atoms with Crippen LogP contribution in [-0.4, -0.2) is 35.1 Å². The first kappa shape index (κ1) is 27.5. The van der Waals surface area contributed by atoms with Gasteiger partial charge in [-0.1, -0.05) is 98.3 Å². The highest BCUT2D eigenvalue weighted by molar-refractivity contribution is 7.99. The fraction of sp³-hybridized carbons (Fsp3) is 0.355. The van der Waals surface area contributed by atoms with Gasteiger partial charge in [0.2, 0.25) is 11.8 Å². The summed E-state index contributed by atoms with van der Waals surface area (Å²) in [4.78, 5) is 29.0. The Balaban J connectivity index is 1.85. The van der Waals surface area contributed by atoms with Gasteiger partial charge in [-0.2, -0.15) is 0 Å². The molecule has 0 radical (unpaired) electrons. The molecule has 36 heavy (non-hydrogen) atoms. The Morgan fingerprint density at radius 3 is 2.28 bits per heavy atom. The number of carbonyl (C=O) groups excluding carboxylic acids is 2. The summed E-state index contributed by atoms with van der Waals surface area (Å²) >= 11 is 1.60. The highest BCUT2D eigenvalue weighted by Gasteiger charge is 2.30. The Morgan fingerprint density at radius 2 is 1.58 bits per heavy atom. The lowest BCUT2D eigenvalue weighted by molar-refractivity contribution is -0.139. The summed E-state index contributed by atoms with van der Waals surface area (Å²) in [6.45, 7) is 9.26. The van der Waals surface area contributed by atoms with E-state index in [1.165, 1.54) is 11.1 Å². The molecule has 3 aromatic rings. The zero-order valence-electron chi connectivity index (χ0n) is 21.9. The van der Waals surface area contributed by atoms with E-state index >= 15 is 0 Å². The van der Waals surface area contributed by atoms with Crippen LogP contribution in [0.15, 0.2) is 78.9 Å². The monoisotopic (exact) mass is 502 g/mol. The predicted octanol–water partition coefficient (Wildman–Crippen LogP) is 5.95. The van der Waals surface area contributed by atoms with Crippen LogP contribution >= 0.6 is 11.8 Å². The van der Waals surface area contributed by atoms with E-state index in [0.29, 0.717) is 31.2 Å². The summed E-state index contributed by atoms with van der Waals surface area (Å²) in [7, 11) is 0. The first-order valence-corrected chi connectivity index (χ1v) is 13.8. The van der Waals surface area contributed by atoms with Crippen LogP contribution in [0.25, 0.3) is 0 Å². The number of nitrogens with one attached hydrogen (secondary N) is 1. The van der Waals surface area contributed by atoms with Gasteiger partial charge in [0.1, 0.15) is 6.04 Å². The largest absolute Gasteiger partial charge is 0.354 e. The Bertz CT molecular complexity index is 1130. The van der Waals surface area contributed by atoms with E-state index in [4.69, 9.17) is 0 Å². The molecular formula is C31H38N2O2S. The van der Waals surface area contributed by atoms with Crippen molar-refractivity contribution in [1.82, 2.24) is 10.2 Å². The average molecular weight is 503 g/mol. The molecule has 3 rings (SSSR count). The van der Waals surface area contributed by atoms with Crippen molar-refractivity contribution in [3.63, 3.8) is 0 Å². The maximum Gasteiger partial charge on any atom is 0.243 e. The summed E-state index contributed by atoms with van der Waals surface area (Å²) in [5, 5.41) is 3.09. The number of hydrogen-bond donors (Lipinski definition) is 1. The molecule has 4 nitrogen and oxygen atoms in total. The molecule has 190 valence electrons. The van der Waals surface area contributed by atoms with Crippen molar-refractivity contribution in [2.45, 2.75) is 52.5 Å². The first-order valence-electron chi connectivity index (χ1n) is 12.6. The SMILES string of the molecule is Cc1cccc(CSCC(=O)N(Cc2ccccc2C)C(Cc2ccccc2)C(=O)NCC(C)C)c1. The van der Waals surface area contributed by atoms with Crippen LogP contribution in [0.2, 0.25) is 0 Å². The molecule has 1 N–H and O–H groups in total. The van der Waals surface area contributed by atoms with Crippen molar-refractivity contribution >= 4 is 23.6 Å².